The average Bonchev–Trinajstić information content (AvgIpc) is 3.23. The van der Waals surface area contributed by atoms with Gasteiger partial charge in [0, 0.05) is 25.7 Å². The molecule has 42 heavy (non-hydrogen) atoms. The quantitative estimate of drug-likeness (QED) is 0.107. The summed E-state index contributed by atoms with van der Waals surface area (Å²) < 4.78 is 39.8. The van der Waals surface area contributed by atoms with E-state index in [2.05, 4.69) is 62.8 Å². The van der Waals surface area contributed by atoms with E-state index in [0.717, 1.165) is 51.0 Å². The normalized spacial score (nSPS) is 20.9. The van der Waals surface area contributed by atoms with Gasteiger partial charge in [-0.2, -0.15) is 13.2 Å². The molecule has 2 heterocycles. The highest BCUT2D eigenvalue weighted by Crippen LogP contribution is 2.39. The van der Waals surface area contributed by atoms with Crippen molar-refractivity contribution in [2.24, 2.45) is 27.2 Å². The van der Waals surface area contributed by atoms with Crippen LogP contribution in [0.2, 0.25) is 0 Å². The maximum Gasteiger partial charge on any atom is 0.416 e. The van der Waals surface area contributed by atoms with Gasteiger partial charge in [0.05, 0.1) is 12.2 Å². The Hall–Kier alpha value is -3.45. The van der Waals surface area contributed by atoms with Crippen molar-refractivity contribution < 1.29 is 18.4 Å². The molecule has 0 bridgehead atoms. The molecule has 10 nitrogen and oxygen atoms in total. The number of rotatable bonds is 12. The molecular weight excluding hydrogens is 547 g/mol. The summed E-state index contributed by atoms with van der Waals surface area (Å²) in [7, 11) is 4.14. The summed E-state index contributed by atoms with van der Waals surface area (Å²) in [5, 5.41) is 15.9. The van der Waals surface area contributed by atoms with Crippen LogP contribution in [-0.2, 0) is 12.7 Å². The minimum absolute atomic E-state index is 0.00343. The van der Waals surface area contributed by atoms with Crippen LogP contribution in [0.3, 0.4) is 0 Å². The third-order valence-corrected chi connectivity index (χ3v) is 8.36. The molecule has 0 amide bonds. The number of anilines is 2. The highest BCUT2D eigenvalue weighted by atomic mass is 19.4. The summed E-state index contributed by atoms with van der Waals surface area (Å²) in [5.74, 6) is 0.861. The van der Waals surface area contributed by atoms with Gasteiger partial charge in [-0.05, 0) is 82.6 Å². The summed E-state index contributed by atoms with van der Waals surface area (Å²) in [6, 6.07) is 5.23. The maximum atomic E-state index is 13.3. The Balaban J connectivity index is 1.75. The summed E-state index contributed by atoms with van der Waals surface area (Å²) in [4.78, 5) is 19.8. The number of hydrogen-bond donors (Lipinski definition) is 3. The van der Waals surface area contributed by atoms with Crippen molar-refractivity contribution in [1.29, 1.82) is 0 Å². The summed E-state index contributed by atoms with van der Waals surface area (Å²) in [6.45, 7) is 11.6. The molecule has 2 unspecified atom stereocenters. The van der Waals surface area contributed by atoms with Crippen LogP contribution in [0, 0.1) is 11.3 Å². The Morgan fingerprint density at radius 2 is 1.98 bits per heavy atom. The van der Waals surface area contributed by atoms with E-state index in [1.165, 1.54) is 18.6 Å². The lowest BCUT2D eigenvalue weighted by atomic mass is 9.80. The van der Waals surface area contributed by atoms with E-state index < -0.39 is 11.7 Å². The SMILES string of the molecule is C=Nc1nc(/C(N)=N/O)nc(NC(C)C2CCC2)c1N(Cc1ccc(C(F)(F)F)cc1)CN(C)CC1(C)CCN(C)C1. The van der Waals surface area contributed by atoms with Crippen LogP contribution in [0.4, 0.5) is 30.5 Å². The van der Waals surface area contributed by atoms with Crippen LogP contribution in [0.15, 0.2) is 34.4 Å². The molecule has 2 aliphatic rings. The second-order valence-electron chi connectivity index (χ2n) is 12.2. The summed E-state index contributed by atoms with van der Waals surface area (Å²) in [5.41, 5.74) is 6.49. The topological polar surface area (TPSA) is 118 Å². The number of amidine groups is 1. The number of aliphatic imine (C=N–C) groups is 1. The first-order valence-electron chi connectivity index (χ1n) is 14.2. The molecule has 1 aromatic carbocycles. The molecule has 1 saturated heterocycles. The van der Waals surface area contributed by atoms with E-state index in [-0.39, 0.29) is 35.5 Å². The standard InChI is InChI=1S/C29H42F3N9O/c1-19(21-7-6-8-21)35-26-23(25(34-3)36-27(37-26)24(33)38-42)41(15-20-9-11-22(12-10-20)29(30,31)32)18-40(5)17-28(2)13-14-39(4)16-28/h9-12,19,21,42H,3,6-8,13-18H2,1-2,4-5H3,(H2,33,38)(H,35,36,37). The van der Waals surface area contributed by atoms with Gasteiger partial charge in [-0.25, -0.2) is 15.0 Å². The largest absolute Gasteiger partial charge is 0.416 e. The average molecular weight is 590 g/mol. The fraction of sp³-hybridized carbons (Fsp3) is 0.586. The molecule has 1 aliphatic carbocycles. The number of nitrogens with two attached hydrogens (primary N) is 1. The summed E-state index contributed by atoms with van der Waals surface area (Å²) in [6.07, 6.45) is 0.00383. The molecule has 2 fully saturated rings. The number of likely N-dealkylation sites (tertiary alicyclic amines) is 1. The van der Waals surface area contributed by atoms with E-state index in [1.54, 1.807) is 0 Å². The molecule has 13 heteroatoms. The summed E-state index contributed by atoms with van der Waals surface area (Å²) >= 11 is 0. The number of benzene rings is 1. The van der Waals surface area contributed by atoms with Crippen molar-refractivity contribution in [1.82, 2.24) is 19.8 Å². The van der Waals surface area contributed by atoms with Gasteiger partial charge in [0.2, 0.25) is 11.7 Å². The first-order valence-corrected chi connectivity index (χ1v) is 14.2. The molecule has 230 valence electrons. The van der Waals surface area contributed by atoms with Gasteiger partial charge in [-0.3, -0.25) is 4.90 Å². The third-order valence-electron chi connectivity index (χ3n) is 8.36. The van der Waals surface area contributed by atoms with Crippen LogP contribution in [0.25, 0.3) is 0 Å². The number of oxime groups is 1. The van der Waals surface area contributed by atoms with Crippen molar-refractivity contribution in [3.8, 4) is 0 Å². The lowest BCUT2D eigenvalue weighted by Crippen LogP contribution is -2.42. The van der Waals surface area contributed by atoms with Crippen LogP contribution in [0.1, 0.15) is 56.5 Å². The number of hydrogen-bond acceptors (Lipinski definition) is 9. The fourth-order valence-corrected chi connectivity index (χ4v) is 5.99. The van der Waals surface area contributed by atoms with E-state index >= 15 is 0 Å². The molecule has 4 rings (SSSR count). The third kappa shape index (κ3) is 7.49. The number of alkyl halides is 3. The maximum absolute atomic E-state index is 13.3. The van der Waals surface area contributed by atoms with Gasteiger partial charge in [0.25, 0.3) is 0 Å². The molecule has 4 N–H and O–H groups in total. The zero-order valence-corrected chi connectivity index (χ0v) is 24.8. The molecule has 0 spiro atoms. The predicted molar refractivity (Wildman–Crippen MR) is 160 cm³/mol. The second-order valence-corrected chi connectivity index (χ2v) is 12.2. The Kier molecular flexibility index (Phi) is 9.61. The lowest BCUT2D eigenvalue weighted by molar-refractivity contribution is -0.137. The number of nitrogens with zero attached hydrogens (tertiary/aromatic N) is 7. The Bertz CT molecular complexity index is 1270. The van der Waals surface area contributed by atoms with Gasteiger partial charge in [0.15, 0.2) is 11.6 Å². The number of halogens is 3. The number of nitrogens with one attached hydrogen (secondary N) is 1. The monoisotopic (exact) mass is 589 g/mol. The van der Waals surface area contributed by atoms with Crippen LogP contribution >= 0.6 is 0 Å². The second kappa shape index (κ2) is 12.8. The van der Waals surface area contributed by atoms with E-state index in [4.69, 9.17) is 5.73 Å². The smallest absolute Gasteiger partial charge is 0.409 e. The Morgan fingerprint density at radius 1 is 1.29 bits per heavy atom. The highest BCUT2D eigenvalue weighted by Gasteiger charge is 2.34. The molecule has 0 radical (unpaired) electrons. The number of aromatic nitrogens is 2. The van der Waals surface area contributed by atoms with E-state index in [9.17, 15) is 18.4 Å². The molecule has 1 aliphatic heterocycles. The molecule has 2 aromatic rings. The Morgan fingerprint density at radius 3 is 2.50 bits per heavy atom. The molecular formula is C29H42F3N9O. The van der Waals surface area contributed by atoms with Gasteiger partial charge < -0.3 is 26.1 Å². The van der Waals surface area contributed by atoms with Crippen molar-refractivity contribution in [2.45, 2.75) is 58.3 Å². The van der Waals surface area contributed by atoms with Crippen molar-refractivity contribution >= 4 is 29.9 Å². The molecule has 2 atom stereocenters. The minimum atomic E-state index is -4.42. The van der Waals surface area contributed by atoms with Crippen LogP contribution in [-0.4, -0.2) is 84.0 Å². The van der Waals surface area contributed by atoms with Gasteiger partial charge in [-0.1, -0.05) is 30.6 Å². The van der Waals surface area contributed by atoms with Gasteiger partial charge >= 0.3 is 6.18 Å². The van der Waals surface area contributed by atoms with E-state index in [0.29, 0.717) is 29.7 Å². The van der Waals surface area contributed by atoms with Crippen LogP contribution < -0.4 is 16.0 Å². The first kappa shape index (κ1) is 31.5. The lowest BCUT2D eigenvalue weighted by Gasteiger charge is -2.37. The zero-order valence-electron chi connectivity index (χ0n) is 24.8. The molecule has 1 aromatic heterocycles. The predicted octanol–water partition coefficient (Wildman–Crippen LogP) is 4.76. The van der Waals surface area contributed by atoms with Gasteiger partial charge in [0.1, 0.15) is 5.69 Å². The van der Waals surface area contributed by atoms with Crippen molar-refractivity contribution in [2.75, 3.05) is 50.6 Å². The molecule has 1 saturated carbocycles. The van der Waals surface area contributed by atoms with Gasteiger partial charge in [-0.15, -0.1) is 0 Å². The van der Waals surface area contributed by atoms with Crippen molar-refractivity contribution in [3.63, 3.8) is 0 Å². The van der Waals surface area contributed by atoms with E-state index in [1.807, 2.05) is 11.9 Å². The highest BCUT2D eigenvalue weighted by molar-refractivity contribution is 5.95. The Labute approximate surface area is 245 Å². The minimum Gasteiger partial charge on any atom is -0.409 e. The van der Waals surface area contributed by atoms with Crippen molar-refractivity contribution in [3.05, 3.63) is 41.2 Å². The first-order chi connectivity index (χ1) is 19.8. The fourth-order valence-electron chi connectivity index (χ4n) is 5.99. The van der Waals surface area contributed by atoms with Crippen LogP contribution in [0.5, 0.6) is 0 Å². The zero-order chi connectivity index (χ0) is 30.7.